The van der Waals surface area contributed by atoms with E-state index in [9.17, 15) is 9.59 Å². The number of likely N-dealkylation sites (tertiary alicyclic amines) is 1. The fraction of sp³-hybridized carbons (Fsp3) is 0.211. The first kappa shape index (κ1) is 16.9. The van der Waals surface area contributed by atoms with Crippen LogP contribution in [0.15, 0.2) is 55.2 Å². The molecule has 0 radical (unpaired) electrons. The molecule has 136 valence electrons. The molecule has 0 aliphatic carbocycles. The topological polar surface area (TPSA) is 93.0 Å². The fourth-order valence-electron chi connectivity index (χ4n) is 3.03. The number of hydrogen-bond acceptors (Lipinski definition) is 5. The molecule has 27 heavy (non-hydrogen) atoms. The summed E-state index contributed by atoms with van der Waals surface area (Å²) >= 11 is 0. The van der Waals surface area contributed by atoms with Crippen LogP contribution in [0.2, 0.25) is 0 Å². The van der Waals surface area contributed by atoms with Gasteiger partial charge in [-0.3, -0.25) is 9.59 Å². The summed E-state index contributed by atoms with van der Waals surface area (Å²) in [5.41, 5.74) is 2.07. The zero-order valence-corrected chi connectivity index (χ0v) is 14.6. The highest BCUT2D eigenvalue weighted by molar-refractivity contribution is 6.04. The Morgan fingerprint density at radius 1 is 1.22 bits per heavy atom. The number of nitrogens with one attached hydrogen (secondary N) is 1. The van der Waals surface area contributed by atoms with Gasteiger partial charge in [0.25, 0.3) is 5.91 Å². The van der Waals surface area contributed by atoms with Gasteiger partial charge in [0.05, 0.1) is 11.9 Å². The summed E-state index contributed by atoms with van der Waals surface area (Å²) in [5.74, 6) is 0.561. The third kappa shape index (κ3) is 3.84. The lowest BCUT2D eigenvalue weighted by molar-refractivity contribution is -0.128. The summed E-state index contributed by atoms with van der Waals surface area (Å²) in [6.07, 6.45) is 6.06. The largest absolute Gasteiger partial charge is 0.338 e. The van der Waals surface area contributed by atoms with Crippen LogP contribution in [0.4, 0.5) is 5.69 Å². The number of amides is 2. The van der Waals surface area contributed by atoms with Crippen LogP contribution in [0.25, 0.3) is 5.82 Å². The number of carbonyl (C=O) groups excluding carboxylic acids is 2. The molecule has 1 saturated heterocycles. The number of carbonyl (C=O) groups is 2. The fourth-order valence-corrected chi connectivity index (χ4v) is 3.03. The van der Waals surface area contributed by atoms with Crippen molar-refractivity contribution >= 4 is 17.5 Å². The average molecular weight is 362 g/mol. The molecule has 8 nitrogen and oxygen atoms in total. The number of aromatic nitrogens is 4. The van der Waals surface area contributed by atoms with Crippen molar-refractivity contribution in [1.82, 2.24) is 24.6 Å². The molecule has 1 aliphatic rings. The minimum Gasteiger partial charge on any atom is -0.338 e. The molecule has 1 aliphatic heterocycles. The van der Waals surface area contributed by atoms with Gasteiger partial charge < -0.3 is 10.2 Å². The molecular weight excluding hydrogens is 344 g/mol. The number of pyridine rings is 1. The van der Waals surface area contributed by atoms with E-state index < -0.39 is 0 Å². The van der Waals surface area contributed by atoms with Crippen molar-refractivity contribution in [2.45, 2.75) is 19.4 Å². The summed E-state index contributed by atoms with van der Waals surface area (Å²) < 4.78 is 1.54. The van der Waals surface area contributed by atoms with Crippen molar-refractivity contribution in [3.8, 4) is 5.82 Å². The molecule has 3 aromatic rings. The maximum absolute atomic E-state index is 12.5. The number of anilines is 1. The monoisotopic (exact) mass is 362 g/mol. The van der Waals surface area contributed by atoms with Gasteiger partial charge in [0.2, 0.25) is 5.91 Å². The first-order valence-electron chi connectivity index (χ1n) is 8.68. The second kappa shape index (κ2) is 7.36. The van der Waals surface area contributed by atoms with Gasteiger partial charge in [0, 0.05) is 25.1 Å². The smallest absolute Gasteiger partial charge is 0.255 e. The van der Waals surface area contributed by atoms with Crippen LogP contribution in [-0.4, -0.2) is 43.0 Å². The second-order valence-corrected chi connectivity index (χ2v) is 6.32. The van der Waals surface area contributed by atoms with E-state index in [1.54, 1.807) is 30.7 Å². The SMILES string of the molecule is O=C(Nc1ccc(-n2cncn2)nc1)c1cccc(CN2CCCC2=O)c1. The summed E-state index contributed by atoms with van der Waals surface area (Å²) in [5, 5.41) is 6.84. The van der Waals surface area contributed by atoms with Gasteiger partial charge in [0.1, 0.15) is 12.7 Å². The van der Waals surface area contributed by atoms with Crippen molar-refractivity contribution in [2.24, 2.45) is 0 Å². The van der Waals surface area contributed by atoms with Crippen molar-refractivity contribution in [3.63, 3.8) is 0 Å². The molecule has 1 aromatic carbocycles. The van der Waals surface area contributed by atoms with Gasteiger partial charge in [-0.05, 0) is 36.2 Å². The maximum atomic E-state index is 12.5. The van der Waals surface area contributed by atoms with Crippen molar-refractivity contribution in [1.29, 1.82) is 0 Å². The molecule has 2 amide bonds. The van der Waals surface area contributed by atoms with Crippen molar-refractivity contribution < 1.29 is 9.59 Å². The Hall–Kier alpha value is -3.55. The lowest BCUT2D eigenvalue weighted by atomic mass is 10.1. The first-order chi connectivity index (χ1) is 13.2. The summed E-state index contributed by atoms with van der Waals surface area (Å²) in [6, 6.07) is 10.8. The highest BCUT2D eigenvalue weighted by atomic mass is 16.2. The minimum atomic E-state index is -0.222. The summed E-state index contributed by atoms with van der Waals surface area (Å²) in [7, 11) is 0. The third-order valence-corrected chi connectivity index (χ3v) is 4.39. The Balaban J connectivity index is 1.43. The van der Waals surface area contributed by atoms with E-state index >= 15 is 0 Å². The molecule has 4 rings (SSSR count). The Morgan fingerprint density at radius 3 is 2.85 bits per heavy atom. The summed E-state index contributed by atoms with van der Waals surface area (Å²) in [4.78, 5) is 34.3. The van der Waals surface area contributed by atoms with Crippen LogP contribution in [0.5, 0.6) is 0 Å². The lowest BCUT2D eigenvalue weighted by Crippen LogP contribution is -2.24. The first-order valence-corrected chi connectivity index (χ1v) is 8.68. The molecule has 0 saturated carbocycles. The molecule has 3 heterocycles. The van der Waals surface area contributed by atoms with E-state index in [-0.39, 0.29) is 11.8 Å². The van der Waals surface area contributed by atoms with Gasteiger partial charge in [-0.15, -0.1) is 0 Å². The highest BCUT2D eigenvalue weighted by Crippen LogP contribution is 2.16. The van der Waals surface area contributed by atoms with E-state index in [1.807, 2.05) is 23.1 Å². The lowest BCUT2D eigenvalue weighted by Gasteiger charge is -2.16. The predicted octanol–water partition coefficient (Wildman–Crippen LogP) is 2.04. The Bertz CT molecular complexity index is 953. The van der Waals surface area contributed by atoms with E-state index in [4.69, 9.17) is 0 Å². The Labute approximate surface area is 155 Å². The third-order valence-electron chi connectivity index (χ3n) is 4.39. The quantitative estimate of drug-likeness (QED) is 0.750. The maximum Gasteiger partial charge on any atom is 0.255 e. The van der Waals surface area contributed by atoms with Crippen LogP contribution in [0.3, 0.4) is 0 Å². The van der Waals surface area contributed by atoms with Gasteiger partial charge >= 0.3 is 0 Å². The Kier molecular flexibility index (Phi) is 4.61. The molecule has 2 aromatic heterocycles. The van der Waals surface area contributed by atoms with Crippen LogP contribution in [0, 0.1) is 0 Å². The molecule has 0 unspecified atom stereocenters. The number of benzene rings is 1. The molecule has 1 N–H and O–H groups in total. The van der Waals surface area contributed by atoms with E-state index in [2.05, 4.69) is 20.4 Å². The average Bonchev–Trinajstić information content (AvgIpc) is 3.35. The molecule has 8 heteroatoms. The van der Waals surface area contributed by atoms with Crippen molar-refractivity contribution in [2.75, 3.05) is 11.9 Å². The van der Waals surface area contributed by atoms with Gasteiger partial charge in [-0.1, -0.05) is 12.1 Å². The highest BCUT2D eigenvalue weighted by Gasteiger charge is 2.20. The second-order valence-electron chi connectivity index (χ2n) is 6.32. The van der Waals surface area contributed by atoms with Crippen LogP contribution >= 0.6 is 0 Å². The number of hydrogen-bond donors (Lipinski definition) is 1. The van der Waals surface area contributed by atoms with Crippen LogP contribution < -0.4 is 5.32 Å². The standard InChI is InChI=1S/C19H18N6O2/c26-18-5-2-8-24(18)11-14-3-1-4-15(9-14)19(27)23-16-6-7-17(21-10-16)25-13-20-12-22-25/h1,3-4,6-7,9-10,12-13H,2,5,8,11H2,(H,23,27). The van der Waals surface area contributed by atoms with E-state index in [1.165, 1.54) is 11.0 Å². The van der Waals surface area contributed by atoms with Gasteiger partial charge in [-0.25, -0.2) is 14.6 Å². The van der Waals surface area contributed by atoms with Gasteiger partial charge in [-0.2, -0.15) is 5.10 Å². The normalized spacial score (nSPS) is 13.8. The van der Waals surface area contributed by atoms with Crippen LogP contribution in [-0.2, 0) is 11.3 Å². The van der Waals surface area contributed by atoms with E-state index in [0.29, 0.717) is 30.0 Å². The molecule has 0 bridgehead atoms. The summed E-state index contributed by atoms with van der Waals surface area (Å²) in [6.45, 7) is 1.31. The zero-order valence-electron chi connectivity index (χ0n) is 14.6. The number of rotatable bonds is 5. The van der Waals surface area contributed by atoms with Gasteiger partial charge in [0.15, 0.2) is 5.82 Å². The zero-order chi connectivity index (χ0) is 18.6. The Morgan fingerprint density at radius 2 is 2.15 bits per heavy atom. The van der Waals surface area contributed by atoms with E-state index in [0.717, 1.165) is 18.5 Å². The van der Waals surface area contributed by atoms with Crippen molar-refractivity contribution in [3.05, 3.63) is 66.4 Å². The molecule has 1 fully saturated rings. The molecule has 0 atom stereocenters. The number of nitrogens with zero attached hydrogens (tertiary/aromatic N) is 5. The minimum absolute atomic E-state index is 0.170. The van der Waals surface area contributed by atoms with Crippen LogP contribution in [0.1, 0.15) is 28.8 Å². The molecule has 0 spiro atoms. The molecular formula is C19H18N6O2. The predicted molar refractivity (Wildman–Crippen MR) is 98.2 cm³/mol.